The molecule has 24 heavy (non-hydrogen) atoms. The third-order valence-electron chi connectivity index (χ3n) is 4.90. The summed E-state index contributed by atoms with van der Waals surface area (Å²) in [5.41, 5.74) is 0.747. The van der Waals surface area contributed by atoms with Crippen LogP contribution in [-0.2, 0) is 0 Å². The van der Waals surface area contributed by atoms with Gasteiger partial charge in [-0.3, -0.25) is 9.69 Å². The van der Waals surface area contributed by atoms with Crippen LogP contribution >= 0.6 is 0 Å². The van der Waals surface area contributed by atoms with E-state index < -0.39 is 0 Å². The Hall–Kier alpha value is -2.06. The number of carbonyl (C=O) groups is 1. The number of anilines is 1. The van der Waals surface area contributed by atoms with Gasteiger partial charge in [-0.2, -0.15) is 0 Å². The lowest BCUT2D eigenvalue weighted by molar-refractivity contribution is 0.0724. The first kappa shape index (κ1) is 16.8. The summed E-state index contributed by atoms with van der Waals surface area (Å²) in [6, 6.07) is 3.79. The van der Waals surface area contributed by atoms with Gasteiger partial charge in [0.1, 0.15) is 5.82 Å². The van der Waals surface area contributed by atoms with Crippen molar-refractivity contribution in [2.45, 2.75) is 25.7 Å². The molecule has 0 N–H and O–H groups in total. The summed E-state index contributed by atoms with van der Waals surface area (Å²) in [5, 5.41) is 0. The number of terminal acetylenes is 1. The number of aromatic nitrogens is 1. The Morgan fingerprint density at radius 2 is 1.88 bits per heavy atom. The quantitative estimate of drug-likeness (QED) is 0.792. The lowest BCUT2D eigenvalue weighted by atomic mass is 10.1. The van der Waals surface area contributed by atoms with Gasteiger partial charge < -0.3 is 9.80 Å². The molecule has 3 heterocycles. The van der Waals surface area contributed by atoms with Gasteiger partial charge in [0.25, 0.3) is 5.91 Å². The predicted molar refractivity (Wildman–Crippen MR) is 96.1 cm³/mol. The van der Waals surface area contributed by atoms with Crippen LogP contribution in [0.3, 0.4) is 0 Å². The first-order valence-electron chi connectivity index (χ1n) is 8.94. The Morgan fingerprint density at radius 3 is 2.58 bits per heavy atom. The second-order valence-corrected chi connectivity index (χ2v) is 6.51. The van der Waals surface area contributed by atoms with Crippen LogP contribution in [0.5, 0.6) is 0 Å². The molecule has 0 radical (unpaired) electrons. The zero-order chi connectivity index (χ0) is 16.8. The summed E-state index contributed by atoms with van der Waals surface area (Å²) in [5.74, 6) is 3.67. The highest BCUT2D eigenvalue weighted by atomic mass is 16.2. The van der Waals surface area contributed by atoms with E-state index in [0.29, 0.717) is 0 Å². The second-order valence-electron chi connectivity index (χ2n) is 6.51. The lowest BCUT2D eigenvalue weighted by Crippen LogP contribution is -2.47. The molecule has 1 amide bonds. The molecule has 0 saturated carbocycles. The van der Waals surface area contributed by atoms with Gasteiger partial charge in [-0.05, 0) is 31.4 Å². The molecule has 2 fully saturated rings. The van der Waals surface area contributed by atoms with E-state index in [4.69, 9.17) is 6.42 Å². The van der Waals surface area contributed by atoms with Crippen molar-refractivity contribution in [3.8, 4) is 12.3 Å². The van der Waals surface area contributed by atoms with Crippen LogP contribution in [0.25, 0.3) is 0 Å². The molecule has 0 spiro atoms. The molecule has 2 aliphatic rings. The number of likely N-dealkylation sites (tertiary alicyclic amines) is 1. The van der Waals surface area contributed by atoms with E-state index in [2.05, 4.69) is 20.7 Å². The highest BCUT2D eigenvalue weighted by molar-refractivity contribution is 5.99. The first-order valence-corrected chi connectivity index (χ1v) is 8.94. The summed E-state index contributed by atoms with van der Waals surface area (Å²) in [4.78, 5) is 24.0. The highest BCUT2D eigenvalue weighted by Gasteiger charge is 2.25. The van der Waals surface area contributed by atoms with E-state index in [1.54, 1.807) is 6.20 Å². The van der Waals surface area contributed by atoms with E-state index in [0.717, 1.165) is 76.5 Å². The Bertz CT molecular complexity index is 596. The van der Waals surface area contributed by atoms with Crippen LogP contribution in [0.4, 0.5) is 5.82 Å². The smallest absolute Gasteiger partial charge is 0.257 e. The van der Waals surface area contributed by atoms with Crippen LogP contribution in [0.1, 0.15) is 36.0 Å². The molecule has 5 heteroatoms. The molecule has 0 aromatic carbocycles. The van der Waals surface area contributed by atoms with Gasteiger partial charge in [0.2, 0.25) is 0 Å². The standard InChI is InChI=1S/C19H26N4O/c1-2-3-10-21-13-15-22(16-14-21)18-17(8-7-9-20-18)19(24)23-11-5-4-6-12-23/h1,7-9H,3-6,10-16H2. The van der Waals surface area contributed by atoms with Crippen molar-refractivity contribution in [2.24, 2.45) is 0 Å². The van der Waals surface area contributed by atoms with Crippen LogP contribution in [0.15, 0.2) is 18.3 Å². The van der Waals surface area contributed by atoms with E-state index in [-0.39, 0.29) is 5.91 Å². The molecule has 5 nitrogen and oxygen atoms in total. The van der Waals surface area contributed by atoms with Gasteiger partial charge in [0.05, 0.1) is 5.56 Å². The number of pyridine rings is 1. The van der Waals surface area contributed by atoms with Crippen LogP contribution in [-0.4, -0.2) is 66.5 Å². The largest absolute Gasteiger partial charge is 0.353 e. The summed E-state index contributed by atoms with van der Waals surface area (Å²) in [7, 11) is 0. The fraction of sp³-hybridized carbons (Fsp3) is 0.579. The van der Waals surface area contributed by atoms with Gasteiger partial charge in [-0.1, -0.05) is 0 Å². The fourth-order valence-corrected chi connectivity index (χ4v) is 3.49. The highest BCUT2D eigenvalue weighted by Crippen LogP contribution is 2.22. The van der Waals surface area contributed by atoms with Crippen molar-refractivity contribution < 1.29 is 4.79 Å². The van der Waals surface area contributed by atoms with Crippen molar-refractivity contribution in [3.63, 3.8) is 0 Å². The Morgan fingerprint density at radius 1 is 1.12 bits per heavy atom. The van der Waals surface area contributed by atoms with Crippen molar-refractivity contribution in [3.05, 3.63) is 23.9 Å². The number of carbonyl (C=O) groups excluding carboxylic acids is 1. The number of amides is 1. The molecule has 128 valence electrons. The molecule has 3 rings (SSSR count). The summed E-state index contributed by atoms with van der Waals surface area (Å²) in [6.07, 6.45) is 11.4. The third-order valence-corrected chi connectivity index (χ3v) is 4.90. The summed E-state index contributed by atoms with van der Waals surface area (Å²) >= 11 is 0. The normalized spacial score (nSPS) is 19.1. The molecule has 0 aliphatic carbocycles. The zero-order valence-corrected chi connectivity index (χ0v) is 14.3. The Kier molecular flexibility index (Phi) is 5.71. The number of piperidine rings is 1. The van der Waals surface area contributed by atoms with E-state index in [1.807, 2.05) is 17.0 Å². The minimum atomic E-state index is 0.132. The van der Waals surface area contributed by atoms with Gasteiger partial charge >= 0.3 is 0 Å². The van der Waals surface area contributed by atoms with Crippen molar-refractivity contribution in [1.82, 2.24) is 14.8 Å². The van der Waals surface area contributed by atoms with E-state index in [1.165, 1.54) is 6.42 Å². The number of rotatable bonds is 4. The second kappa shape index (κ2) is 8.16. The van der Waals surface area contributed by atoms with Gasteiger partial charge in [0.15, 0.2) is 0 Å². The van der Waals surface area contributed by atoms with Crippen LogP contribution in [0, 0.1) is 12.3 Å². The maximum Gasteiger partial charge on any atom is 0.257 e. The molecular weight excluding hydrogens is 300 g/mol. The summed E-state index contributed by atoms with van der Waals surface area (Å²) < 4.78 is 0. The zero-order valence-electron chi connectivity index (χ0n) is 14.3. The molecule has 2 aliphatic heterocycles. The Balaban J connectivity index is 1.68. The molecule has 1 aromatic rings. The number of piperazine rings is 1. The van der Waals surface area contributed by atoms with Crippen molar-refractivity contribution in [2.75, 3.05) is 50.7 Å². The van der Waals surface area contributed by atoms with Gasteiger partial charge in [-0.15, -0.1) is 12.3 Å². The summed E-state index contributed by atoms with van der Waals surface area (Å²) in [6.45, 7) is 6.40. The van der Waals surface area contributed by atoms with E-state index >= 15 is 0 Å². The Labute approximate surface area is 144 Å². The molecule has 1 aromatic heterocycles. The monoisotopic (exact) mass is 326 g/mol. The SMILES string of the molecule is C#CCCN1CCN(c2ncccc2C(=O)N2CCCCC2)CC1. The molecule has 0 unspecified atom stereocenters. The average molecular weight is 326 g/mol. The van der Waals surface area contributed by atoms with Gasteiger partial charge in [-0.25, -0.2) is 4.98 Å². The topological polar surface area (TPSA) is 39.7 Å². The minimum absolute atomic E-state index is 0.132. The number of nitrogens with zero attached hydrogens (tertiary/aromatic N) is 4. The molecule has 0 bridgehead atoms. The van der Waals surface area contributed by atoms with E-state index in [9.17, 15) is 4.79 Å². The minimum Gasteiger partial charge on any atom is -0.353 e. The number of hydrogen-bond acceptors (Lipinski definition) is 4. The average Bonchev–Trinajstić information content (AvgIpc) is 2.67. The molecule has 2 saturated heterocycles. The fourth-order valence-electron chi connectivity index (χ4n) is 3.49. The molecule has 0 atom stereocenters. The van der Waals surface area contributed by atoms with Crippen molar-refractivity contribution >= 4 is 11.7 Å². The van der Waals surface area contributed by atoms with Crippen LogP contribution in [0.2, 0.25) is 0 Å². The maximum atomic E-state index is 12.9. The molecular formula is C19H26N4O. The third kappa shape index (κ3) is 3.88. The predicted octanol–water partition coefficient (Wildman–Crippen LogP) is 1.85. The lowest BCUT2D eigenvalue weighted by Gasteiger charge is -2.36. The van der Waals surface area contributed by atoms with Crippen LogP contribution < -0.4 is 4.90 Å². The number of hydrogen-bond donors (Lipinski definition) is 0. The van der Waals surface area contributed by atoms with Crippen molar-refractivity contribution in [1.29, 1.82) is 0 Å². The maximum absolute atomic E-state index is 12.9. The van der Waals surface area contributed by atoms with Gasteiger partial charge in [0, 0.05) is 58.4 Å². The first-order chi connectivity index (χ1) is 11.8.